The van der Waals surface area contributed by atoms with Gasteiger partial charge in [-0.05, 0) is 74.8 Å². The molecule has 1 heteroatoms. The summed E-state index contributed by atoms with van der Waals surface area (Å²) in [7, 11) is 0. The van der Waals surface area contributed by atoms with Crippen molar-refractivity contribution in [3.8, 4) is 22.4 Å². The molecule has 0 bridgehead atoms. The Hall–Kier alpha value is -3.45. The third-order valence-corrected chi connectivity index (χ3v) is 5.98. The van der Waals surface area contributed by atoms with E-state index < -0.39 is 5.89 Å². The number of aryl methyl sites for hydroxylation is 1. The molecule has 0 spiro atoms. The predicted octanol–water partition coefficient (Wildman–Crippen LogP) is 8.15. The lowest BCUT2D eigenvalue weighted by atomic mass is 9.87. The Balaban J connectivity index is 1.84. The van der Waals surface area contributed by atoms with E-state index in [1.165, 1.54) is 38.2 Å². The number of rotatable bonds is 3. The van der Waals surface area contributed by atoms with Crippen LogP contribution in [0, 0.1) is 6.92 Å². The molecule has 0 unspecified atom stereocenters. The van der Waals surface area contributed by atoms with Gasteiger partial charge in [0.25, 0.3) is 0 Å². The minimum atomic E-state index is -0.656. The molecule has 1 heterocycles. The number of nitrogens with zero attached hydrogens (tertiary/aromatic N) is 1. The van der Waals surface area contributed by atoms with E-state index in [-0.39, 0.29) is 0 Å². The van der Waals surface area contributed by atoms with Crippen LogP contribution in [0.3, 0.4) is 0 Å². The zero-order chi connectivity index (χ0) is 21.6. The molecular weight excluding hydrogens is 362 g/mol. The summed E-state index contributed by atoms with van der Waals surface area (Å²) >= 11 is 0. The second-order valence-corrected chi connectivity index (χ2v) is 8.10. The molecule has 0 saturated heterocycles. The van der Waals surface area contributed by atoms with Crippen molar-refractivity contribution in [2.75, 3.05) is 0 Å². The average Bonchev–Trinajstić information content (AvgIpc) is 2.79. The van der Waals surface area contributed by atoms with Crippen molar-refractivity contribution in [3.63, 3.8) is 0 Å². The SMILES string of the molecule is [2H]C(C)(C)c1ccnc(-c2ccc3c(c2)c(-c2ccccc2)c(C)c2ccccc23)c1. The first-order chi connectivity index (χ1) is 14.9. The molecular formula is C29H25N. The van der Waals surface area contributed by atoms with E-state index >= 15 is 0 Å². The smallest absolute Gasteiger partial charge is 0.0705 e. The van der Waals surface area contributed by atoms with Gasteiger partial charge in [0.2, 0.25) is 0 Å². The molecule has 1 nitrogen and oxygen atoms in total. The number of fused-ring (bicyclic) bond motifs is 3. The summed E-state index contributed by atoms with van der Waals surface area (Å²) in [4.78, 5) is 4.63. The fourth-order valence-electron chi connectivity index (χ4n) is 4.40. The van der Waals surface area contributed by atoms with Crippen molar-refractivity contribution in [1.29, 1.82) is 0 Å². The average molecular weight is 389 g/mol. The molecule has 0 N–H and O–H groups in total. The van der Waals surface area contributed by atoms with Crippen molar-refractivity contribution < 1.29 is 1.37 Å². The quantitative estimate of drug-likeness (QED) is 0.284. The van der Waals surface area contributed by atoms with Crippen LogP contribution in [0.15, 0.2) is 91.1 Å². The zero-order valence-corrected chi connectivity index (χ0v) is 17.6. The van der Waals surface area contributed by atoms with Crippen LogP contribution < -0.4 is 0 Å². The van der Waals surface area contributed by atoms with Crippen LogP contribution in [0.1, 0.15) is 32.2 Å². The fraction of sp³-hybridized carbons (Fsp3) is 0.138. The van der Waals surface area contributed by atoms with Gasteiger partial charge < -0.3 is 0 Å². The molecule has 0 amide bonds. The Morgan fingerprint density at radius 3 is 2.17 bits per heavy atom. The number of hydrogen-bond donors (Lipinski definition) is 0. The van der Waals surface area contributed by atoms with Crippen LogP contribution in [0.4, 0.5) is 0 Å². The molecule has 0 saturated carbocycles. The Morgan fingerprint density at radius 1 is 0.700 bits per heavy atom. The zero-order valence-electron chi connectivity index (χ0n) is 18.6. The highest BCUT2D eigenvalue weighted by Crippen LogP contribution is 2.40. The minimum Gasteiger partial charge on any atom is -0.256 e. The van der Waals surface area contributed by atoms with Gasteiger partial charge in [-0.2, -0.15) is 0 Å². The van der Waals surface area contributed by atoms with E-state index in [0.29, 0.717) is 0 Å². The molecule has 146 valence electrons. The molecule has 0 aliphatic carbocycles. The Kier molecular flexibility index (Phi) is 4.31. The van der Waals surface area contributed by atoms with Gasteiger partial charge in [-0.1, -0.05) is 80.6 Å². The second kappa shape index (κ2) is 7.42. The summed E-state index contributed by atoms with van der Waals surface area (Å²) < 4.78 is 8.40. The van der Waals surface area contributed by atoms with Crippen LogP contribution in [0.2, 0.25) is 0 Å². The van der Waals surface area contributed by atoms with Crippen LogP contribution in [0.25, 0.3) is 43.9 Å². The minimum absolute atomic E-state index is 0.656. The maximum atomic E-state index is 8.40. The van der Waals surface area contributed by atoms with Crippen LogP contribution >= 0.6 is 0 Å². The molecule has 30 heavy (non-hydrogen) atoms. The lowest BCUT2D eigenvalue weighted by Gasteiger charge is -2.16. The first kappa shape index (κ1) is 17.4. The summed E-state index contributed by atoms with van der Waals surface area (Å²) in [6, 6.07) is 29.9. The maximum Gasteiger partial charge on any atom is 0.0705 e. The number of aromatic nitrogens is 1. The molecule has 4 aromatic carbocycles. The summed E-state index contributed by atoms with van der Waals surface area (Å²) in [5.74, 6) is -0.656. The number of hydrogen-bond acceptors (Lipinski definition) is 1. The maximum absolute atomic E-state index is 8.40. The van der Waals surface area contributed by atoms with Crippen molar-refractivity contribution in [1.82, 2.24) is 4.98 Å². The van der Waals surface area contributed by atoms with Crippen LogP contribution in [0.5, 0.6) is 0 Å². The van der Waals surface area contributed by atoms with E-state index in [4.69, 9.17) is 1.37 Å². The van der Waals surface area contributed by atoms with Crippen molar-refractivity contribution in [2.24, 2.45) is 0 Å². The van der Waals surface area contributed by atoms with E-state index in [1.54, 1.807) is 0 Å². The Labute approximate surface area is 179 Å². The van der Waals surface area contributed by atoms with E-state index in [2.05, 4.69) is 84.7 Å². The van der Waals surface area contributed by atoms with E-state index in [9.17, 15) is 0 Å². The predicted molar refractivity (Wildman–Crippen MR) is 129 cm³/mol. The van der Waals surface area contributed by atoms with Gasteiger partial charge in [-0.25, -0.2) is 0 Å². The highest BCUT2D eigenvalue weighted by Gasteiger charge is 2.14. The van der Waals surface area contributed by atoms with Gasteiger partial charge in [0.1, 0.15) is 0 Å². The third-order valence-electron chi connectivity index (χ3n) is 5.98. The van der Waals surface area contributed by atoms with Gasteiger partial charge in [-0.15, -0.1) is 0 Å². The fourth-order valence-corrected chi connectivity index (χ4v) is 4.40. The molecule has 1 aromatic heterocycles. The van der Waals surface area contributed by atoms with Gasteiger partial charge in [0.15, 0.2) is 0 Å². The normalized spacial score (nSPS) is 12.3. The highest BCUT2D eigenvalue weighted by atomic mass is 14.7. The van der Waals surface area contributed by atoms with Crippen molar-refractivity contribution >= 4 is 21.5 Å². The molecule has 0 radical (unpaired) electrons. The van der Waals surface area contributed by atoms with Gasteiger partial charge in [0, 0.05) is 13.1 Å². The standard InChI is InChI=1S/C29H25N/c1-19(2)22-15-16-30-28(18-22)23-13-14-26-25-12-8-7-11-24(25)20(3)29(27(26)17-23)21-9-5-4-6-10-21/h4-19H,1-3H3/i19D. The monoisotopic (exact) mass is 388 g/mol. The Bertz CT molecular complexity index is 1410. The molecule has 5 rings (SSSR count). The van der Waals surface area contributed by atoms with Gasteiger partial charge in [-0.3, -0.25) is 4.98 Å². The third kappa shape index (κ3) is 3.07. The summed E-state index contributed by atoms with van der Waals surface area (Å²) in [6.45, 7) is 6.04. The Morgan fingerprint density at radius 2 is 1.40 bits per heavy atom. The summed E-state index contributed by atoms with van der Waals surface area (Å²) in [5, 5.41) is 5.05. The topological polar surface area (TPSA) is 12.9 Å². The number of benzene rings is 4. The summed E-state index contributed by atoms with van der Waals surface area (Å²) in [5.41, 5.74) is 6.74. The number of pyridine rings is 1. The van der Waals surface area contributed by atoms with Crippen molar-refractivity contribution in [3.05, 3.63) is 102 Å². The first-order valence-corrected chi connectivity index (χ1v) is 10.4. The molecule has 0 aliphatic heterocycles. The van der Waals surface area contributed by atoms with Crippen LogP contribution in [-0.2, 0) is 0 Å². The largest absolute Gasteiger partial charge is 0.256 e. The molecule has 0 aliphatic rings. The van der Waals surface area contributed by atoms with Gasteiger partial charge in [0.05, 0.1) is 5.69 Å². The molecule has 5 aromatic rings. The first-order valence-electron chi connectivity index (χ1n) is 10.9. The second-order valence-electron chi connectivity index (χ2n) is 8.10. The molecule has 0 fully saturated rings. The van der Waals surface area contributed by atoms with Crippen molar-refractivity contribution in [2.45, 2.75) is 26.7 Å². The lowest BCUT2D eigenvalue weighted by Crippen LogP contribution is -1.93. The summed E-state index contributed by atoms with van der Waals surface area (Å²) in [6.07, 6.45) is 1.81. The lowest BCUT2D eigenvalue weighted by molar-refractivity contribution is 0.864. The van der Waals surface area contributed by atoms with E-state index in [0.717, 1.165) is 16.8 Å². The van der Waals surface area contributed by atoms with Crippen LogP contribution in [-0.4, -0.2) is 4.98 Å². The highest BCUT2D eigenvalue weighted by molar-refractivity contribution is 6.16. The van der Waals surface area contributed by atoms with E-state index in [1.807, 2.05) is 32.2 Å². The van der Waals surface area contributed by atoms with Gasteiger partial charge >= 0.3 is 0 Å². The molecule has 0 atom stereocenters.